The van der Waals surface area contributed by atoms with Crippen LogP contribution in [0.4, 0.5) is 0 Å². The highest BCUT2D eigenvalue weighted by Crippen LogP contribution is 2.48. The van der Waals surface area contributed by atoms with Crippen molar-refractivity contribution in [3.05, 3.63) is 21.7 Å². The van der Waals surface area contributed by atoms with E-state index in [0.717, 1.165) is 21.7 Å². The Bertz CT molecular complexity index is 453. The first-order chi connectivity index (χ1) is 8.63. The minimum atomic E-state index is 0.278. The van der Waals surface area contributed by atoms with E-state index in [1.54, 1.807) is 14.2 Å². The van der Waals surface area contributed by atoms with Gasteiger partial charge in [-0.2, -0.15) is 11.8 Å². The second-order valence-corrected chi connectivity index (χ2v) is 6.49. The van der Waals surface area contributed by atoms with Crippen LogP contribution in [0.5, 0.6) is 11.5 Å². The number of rotatable bonds is 3. The Hall–Kier alpha value is -0.390. The Morgan fingerprint density at radius 1 is 1.39 bits per heavy atom. The number of methoxy groups -OCH3 is 2. The molecule has 100 valence electrons. The van der Waals surface area contributed by atoms with Gasteiger partial charge < -0.3 is 14.8 Å². The van der Waals surface area contributed by atoms with Crippen LogP contribution in [-0.2, 0) is 5.75 Å². The lowest BCUT2D eigenvalue weighted by Gasteiger charge is -2.33. The van der Waals surface area contributed by atoms with Gasteiger partial charge in [-0.3, -0.25) is 0 Å². The van der Waals surface area contributed by atoms with E-state index >= 15 is 0 Å². The van der Waals surface area contributed by atoms with Crippen LogP contribution in [0.2, 0.25) is 0 Å². The largest absolute Gasteiger partial charge is 0.496 e. The molecule has 0 radical (unpaired) electrons. The van der Waals surface area contributed by atoms with Crippen LogP contribution >= 0.6 is 27.7 Å². The second kappa shape index (κ2) is 5.72. The number of fused-ring (bicyclic) bond motifs is 1. The zero-order valence-corrected chi connectivity index (χ0v) is 13.4. The molecule has 1 aliphatic heterocycles. The minimum Gasteiger partial charge on any atom is -0.496 e. The molecule has 0 bridgehead atoms. The molecule has 0 amide bonds. The molecule has 1 aromatic carbocycles. The summed E-state index contributed by atoms with van der Waals surface area (Å²) in [4.78, 5) is 0. The van der Waals surface area contributed by atoms with Crippen molar-refractivity contribution in [3.8, 4) is 11.5 Å². The third-order valence-corrected chi connectivity index (χ3v) is 5.19. The number of hydrogen-bond donors (Lipinski definition) is 1. The summed E-state index contributed by atoms with van der Waals surface area (Å²) in [5.74, 6) is 2.80. The van der Waals surface area contributed by atoms with E-state index in [1.165, 1.54) is 11.1 Å². The zero-order valence-electron chi connectivity index (χ0n) is 11.0. The lowest BCUT2D eigenvalue weighted by Crippen LogP contribution is -2.30. The average molecular weight is 332 g/mol. The fourth-order valence-corrected chi connectivity index (χ4v) is 4.23. The summed E-state index contributed by atoms with van der Waals surface area (Å²) in [6.45, 7) is 2.24. The number of nitrogens with one attached hydrogen (secondary N) is 1. The zero-order chi connectivity index (χ0) is 13.3. The van der Waals surface area contributed by atoms with E-state index < -0.39 is 0 Å². The van der Waals surface area contributed by atoms with Gasteiger partial charge in [0.25, 0.3) is 0 Å². The standard InChI is InChI=1S/C13H18BrNO2S/c1-7-12(15-2)11-8(6-18-7)10(16-3)5-9(14)13(11)17-4/h5,7,12,15H,6H2,1-4H3. The molecule has 0 aromatic heterocycles. The maximum absolute atomic E-state index is 5.57. The Morgan fingerprint density at radius 3 is 2.67 bits per heavy atom. The topological polar surface area (TPSA) is 30.5 Å². The van der Waals surface area contributed by atoms with Crippen LogP contribution in [0.15, 0.2) is 10.5 Å². The predicted molar refractivity (Wildman–Crippen MR) is 79.8 cm³/mol. The molecule has 2 unspecified atom stereocenters. The highest BCUT2D eigenvalue weighted by molar-refractivity contribution is 9.10. The first-order valence-corrected chi connectivity index (χ1v) is 7.70. The summed E-state index contributed by atoms with van der Waals surface area (Å²) in [6, 6.07) is 2.26. The molecule has 0 saturated heterocycles. The molecule has 1 aliphatic rings. The maximum Gasteiger partial charge on any atom is 0.138 e. The predicted octanol–water partition coefficient (Wildman–Crippen LogP) is 3.36. The van der Waals surface area contributed by atoms with Gasteiger partial charge in [0, 0.05) is 28.2 Å². The summed E-state index contributed by atoms with van der Waals surface area (Å²) in [7, 11) is 5.42. The number of halogens is 1. The van der Waals surface area contributed by atoms with Crippen molar-refractivity contribution in [2.45, 2.75) is 24.0 Å². The monoisotopic (exact) mass is 331 g/mol. The number of benzene rings is 1. The fraction of sp³-hybridized carbons (Fsp3) is 0.538. The van der Waals surface area contributed by atoms with Crippen LogP contribution in [0, 0.1) is 0 Å². The molecule has 5 heteroatoms. The van der Waals surface area contributed by atoms with Crippen LogP contribution < -0.4 is 14.8 Å². The second-order valence-electron chi connectivity index (χ2n) is 4.27. The smallest absolute Gasteiger partial charge is 0.138 e. The highest BCUT2D eigenvalue weighted by atomic mass is 79.9. The Balaban J connectivity index is 2.66. The van der Waals surface area contributed by atoms with Gasteiger partial charge in [0.05, 0.1) is 18.7 Å². The molecular formula is C13H18BrNO2S. The quantitative estimate of drug-likeness (QED) is 0.919. The first kappa shape index (κ1) is 14.0. The highest BCUT2D eigenvalue weighted by Gasteiger charge is 2.32. The SMILES string of the molecule is CNC1c2c(c(OC)cc(Br)c2OC)CSC1C. The lowest BCUT2D eigenvalue weighted by atomic mass is 9.96. The summed E-state index contributed by atoms with van der Waals surface area (Å²) in [6.07, 6.45) is 0. The number of ether oxygens (including phenoxy) is 2. The van der Waals surface area contributed by atoms with Crippen molar-refractivity contribution in [2.75, 3.05) is 21.3 Å². The van der Waals surface area contributed by atoms with Crippen LogP contribution in [0.1, 0.15) is 24.1 Å². The number of hydrogen-bond acceptors (Lipinski definition) is 4. The summed E-state index contributed by atoms with van der Waals surface area (Å²) >= 11 is 5.50. The molecular weight excluding hydrogens is 314 g/mol. The Kier molecular flexibility index (Phi) is 4.45. The minimum absolute atomic E-state index is 0.278. The van der Waals surface area contributed by atoms with Gasteiger partial charge in [0.2, 0.25) is 0 Å². The van der Waals surface area contributed by atoms with E-state index in [4.69, 9.17) is 9.47 Å². The van der Waals surface area contributed by atoms with Gasteiger partial charge in [-0.15, -0.1) is 0 Å². The van der Waals surface area contributed by atoms with Gasteiger partial charge in [-0.1, -0.05) is 6.92 Å². The summed E-state index contributed by atoms with van der Waals surface area (Å²) < 4.78 is 12.0. The molecule has 3 nitrogen and oxygen atoms in total. The molecule has 1 aromatic rings. The van der Waals surface area contributed by atoms with Gasteiger partial charge in [-0.05, 0) is 29.0 Å². The van der Waals surface area contributed by atoms with Crippen molar-refractivity contribution < 1.29 is 9.47 Å². The van der Waals surface area contributed by atoms with Crippen LogP contribution in [0.25, 0.3) is 0 Å². The van der Waals surface area contributed by atoms with E-state index in [1.807, 2.05) is 24.9 Å². The molecule has 2 atom stereocenters. The summed E-state index contributed by atoms with van der Waals surface area (Å²) in [5.41, 5.74) is 2.46. The van der Waals surface area contributed by atoms with Crippen molar-refractivity contribution in [1.29, 1.82) is 0 Å². The average Bonchev–Trinajstić information content (AvgIpc) is 2.37. The molecule has 18 heavy (non-hydrogen) atoms. The number of thioether (sulfide) groups is 1. The van der Waals surface area contributed by atoms with Gasteiger partial charge in [-0.25, -0.2) is 0 Å². The Morgan fingerprint density at radius 2 is 2.11 bits per heavy atom. The third-order valence-electron chi connectivity index (χ3n) is 3.35. The van der Waals surface area contributed by atoms with Crippen molar-refractivity contribution in [1.82, 2.24) is 5.32 Å². The van der Waals surface area contributed by atoms with Crippen molar-refractivity contribution >= 4 is 27.7 Å². The normalized spacial score (nSPS) is 22.5. The maximum atomic E-state index is 5.57. The van der Waals surface area contributed by atoms with Gasteiger partial charge in [0.15, 0.2) is 0 Å². The van der Waals surface area contributed by atoms with Crippen LogP contribution in [0.3, 0.4) is 0 Å². The molecule has 0 aliphatic carbocycles. The van der Waals surface area contributed by atoms with Crippen molar-refractivity contribution in [2.24, 2.45) is 0 Å². The molecule has 0 spiro atoms. The molecule has 2 rings (SSSR count). The first-order valence-electron chi connectivity index (χ1n) is 5.86. The summed E-state index contributed by atoms with van der Waals surface area (Å²) in [5, 5.41) is 3.90. The molecule has 1 N–H and O–H groups in total. The fourth-order valence-electron chi connectivity index (χ4n) is 2.46. The molecule has 0 saturated carbocycles. The lowest BCUT2D eigenvalue weighted by molar-refractivity contribution is 0.384. The third kappa shape index (κ3) is 2.24. The molecule has 1 heterocycles. The van der Waals surface area contributed by atoms with Gasteiger partial charge in [0.1, 0.15) is 11.5 Å². The van der Waals surface area contributed by atoms with Gasteiger partial charge >= 0.3 is 0 Å². The Labute approximate surface area is 121 Å². The van der Waals surface area contributed by atoms with E-state index in [9.17, 15) is 0 Å². The van der Waals surface area contributed by atoms with Crippen LogP contribution in [-0.4, -0.2) is 26.5 Å². The molecule has 0 fully saturated rings. The van der Waals surface area contributed by atoms with E-state index in [2.05, 4.69) is 28.2 Å². The van der Waals surface area contributed by atoms with E-state index in [-0.39, 0.29) is 6.04 Å². The van der Waals surface area contributed by atoms with E-state index in [0.29, 0.717) is 5.25 Å². The van der Waals surface area contributed by atoms with Crippen molar-refractivity contribution in [3.63, 3.8) is 0 Å².